The van der Waals surface area contributed by atoms with Gasteiger partial charge in [0.1, 0.15) is 11.6 Å². The number of ether oxygens (including phenoxy) is 1. The van der Waals surface area contributed by atoms with E-state index in [9.17, 15) is 14.7 Å². The fourth-order valence-electron chi connectivity index (χ4n) is 1.68. The van der Waals surface area contributed by atoms with E-state index in [-0.39, 0.29) is 11.6 Å². The van der Waals surface area contributed by atoms with Crippen molar-refractivity contribution in [3.05, 3.63) is 0 Å². The van der Waals surface area contributed by atoms with Gasteiger partial charge in [0, 0.05) is 12.0 Å². The highest BCUT2D eigenvalue weighted by molar-refractivity contribution is 6.74. The molecule has 2 N–H and O–H groups in total. The quantitative estimate of drug-likeness (QED) is 0.698. The second-order valence-electron chi connectivity index (χ2n) is 9.46. The summed E-state index contributed by atoms with van der Waals surface area (Å²) >= 11 is 0. The molecule has 0 fully saturated rings. The molecule has 0 bridgehead atoms. The molecule has 0 aliphatic rings. The van der Waals surface area contributed by atoms with E-state index in [1.807, 2.05) is 0 Å². The van der Waals surface area contributed by atoms with E-state index in [0.717, 1.165) is 0 Å². The minimum atomic E-state index is -2.01. The van der Waals surface area contributed by atoms with Crippen molar-refractivity contribution in [2.75, 3.05) is 6.61 Å². The van der Waals surface area contributed by atoms with Crippen molar-refractivity contribution >= 4 is 20.4 Å². The number of carboxylic acids is 1. The average Bonchev–Trinajstić information content (AvgIpc) is 2.29. The molecule has 0 radical (unpaired) electrons. The summed E-state index contributed by atoms with van der Waals surface area (Å²) in [6, 6.07) is -1.10. The van der Waals surface area contributed by atoms with Gasteiger partial charge in [-0.25, -0.2) is 9.59 Å². The minimum Gasteiger partial charge on any atom is -0.480 e. The molecule has 0 heterocycles. The number of rotatable bonds is 6. The highest BCUT2D eigenvalue weighted by atomic mass is 28.4. The first-order valence-corrected chi connectivity index (χ1v) is 11.2. The fourth-order valence-corrected chi connectivity index (χ4v) is 2.85. The molecule has 0 rings (SSSR count). The molecular formula is C17H35NO5Si. The largest absolute Gasteiger partial charge is 0.480 e. The average molecular weight is 362 g/mol. The molecule has 0 aromatic rings. The van der Waals surface area contributed by atoms with E-state index < -0.39 is 37.4 Å². The Balaban J connectivity index is 5.10. The zero-order valence-corrected chi connectivity index (χ0v) is 17.9. The monoisotopic (exact) mass is 361 g/mol. The number of aliphatic carboxylic acids is 1. The Morgan fingerprint density at radius 3 is 1.83 bits per heavy atom. The summed E-state index contributed by atoms with van der Waals surface area (Å²) in [6.07, 6.45) is -0.740. The van der Waals surface area contributed by atoms with Gasteiger partial charge < -0.3 is 19.6 Å². The van der Waals surface area contributed by atoms with E-state index in [1.54, 1.807) is 34.6 Å². The van der Waals surface area contributed by atoms with Crippen molar-refractivity contribution in [3.63, 3.8) is 0 Å². The van der Waals surface area contributed by atoms with Gasteiger partial charge in [0.2, 0.25) is 0 Å². The lowest BCUT2D eigenvalue weighted by atomic mass is 9.85. The van der Waals surface area contributed by atoms with Crippen molar-refractivity contribution in [3.8, 4) is 0 Å². The van der Waals surface area contributed by atoms with E-state index in [4.69, 9.17) is 9.16 Å². The van der Waals surface area contributed by atoms with Gasteiger partial charge in [0.25, 0.3) is 0 Å². The second kappa shape index (κ2) is 7.43. The predicted molar refractivity (Wildman–Crippen MR) is 97.7 cm³/mol. The number of amides is 1. The first kappa shape index (κ1) is 22.9. The molecule has 1 atom stereocenters. The Bertz CT molecular complexity index is 461. The number of alkyl carbamates (subject to hydrolysis) is 1. The van der Waals surface area contributed by atoms with Gasteiger partial charge in [-0.15, -0.1) is 0 Å². The Morgan fingerprint density at radius 1 is 1.04 bits per heavy atom. The SMILES string of the molecule is CC(C)(C)OC(=O)NC(C(=O)O)C(C)(C)CO[Si](C)(C)C(C)(C)C. The van der Waals surface area contributed by atoms with E-state index >= 15 is 0 Å². The summed E-state index contributed by atoms with van der Waals surface area (Å²) in [5, 5.41) is 12.0. The second-order valence-corrected chi connectivity index (χ2v) is 14.3. The number of hydrogen-bond donors (Lipinski definition) is 2. The number of hydrogen-bond acceptors (Lipinski definition) is 4. The predicted octanol–water partition coefficient (Wildman–Crippen LogP) is 4.01. The zero-order chi connectivity index (χ0) is 19.6. The summed E-state index contributed by atoms with van der Waals surface area (Å²) < 4.78 is 11.3. The van der Waals surface area contributed by atoms with Crippen LogP contribution in [0.1, 0.15) is 55.4 Å². The van der Waals surface area contributed by atoms with Gasteiger partial charge in [-0.1, -0.05) is 34.6 Å². The Hall–Kier alpha value is -1.08. The summed E-state index contributed by atoms with van der Waals surface area (Å²) in [5.74, 6) is -1.11. The summed E-state index contributed by atoms with van der Waals surface area (Å²) in [7, 11) is -2.01. The minimum absolute atomic E-state index is 0.0282. The zero-order valence-electron chi connectivity index (χ0n) is 16.9. The highest BCUT2D eigenvalue weighted by Gasteiger charge is 2.42. The normalized spacial score (nSPS) is 14.9. The Kier molecular flexibility index (Phi) is 7.10. The van der Waals surface area contributed by atoms with Crippen LogP contribution in [-0.2, 0) is 14.0 Å². The molecule has 6 nitrogen and oxygen atoms in total. The van der Waals surface area contributed by atoms with Gasteiger partial charge in [-0.2, -0.15) is 0 Å². The molecule has 7 heteroatoms. The van der Waals surface area contributed by atoms with Gasteiger partial charge in [0.15, 0.2) is 8.32 Å². The number of nitrogens with one attached hydrogen (secondary N) is 1. The molecule has 1 amide bonds. The van der Waals surface area contributed by atoms with Crippen molar-refractivity contribution < 1.29 is 23.9 Å². The lowest BCUT2D eigenvalue weighted by Crippen LogP contribution is -2.54. The molecule has 0 aliphatic carbocycles. The van der Waals surface area contributed by atoms with Gasteiger partial charge in [-0.3, -0.25) is 0 Å². The summed E-state index contributed by atoms with van der Waals surface area (Å²) in [5.41, 5.74) is -1.47. The van der Waals surface area contributed by atoms with Crippen molar-refractivity contribution in [1.29, 1.82) is 0 Å². The molecule has 1 unspecified atom stereocenters. The van der Waals surface area contributed by atoms with E-state index in [2.05, 4.69) is 39.2 Å². The lowest BCUT2D eigenvalue weighted by molar-refractivity contribution is -0.143. The number of carboxylic acid groups (broad SMARTS) is 1. The van der Waals surface area contributed by atoms with E-state index in [1.165, 1.54) is 0 Å². The van der Waals surface area contributed by atoms with Crippen LogP contribution in [0.3, 0.4) is 0 Å². The topological polar surface area (TPSA) is 84.9 Å². The Labute approximate surface area is 147 Å². The van der Waals surface area contributed by atoms with Gasteiger partial charge >= 0.3 is 12.1 Å². The molecule has 142 valence electrons. The first-order chi connectivity index (χ1) is 10.4. The lowest BCUT2D eigenvalue weighted by Gasteiger charge is -2.40. The third-order valence-electron chi connectivity index (χ3n) is 4.30. The van der Waals surface area contributed by atoms with Crippen LogP contribution in [0, 0.1) is 5.41 Å². The summed E-state index contributed by atoms with van der Waals surface area (Å²) in [4.78, 5) is 23.6. The molecule has 24 heavy (non-hydrogen) atoms. The van der Waals surface area contributed by atoms with Crippen molar-refractivity contribution in [2.45, 2.75) is 85.2 Å². The van der Waals surface area contributed by atoms with Crippen LogP contribution in [-0.4, -0.2) is 43.7 Å². The molecule has 0 saturated heterocycles. The standard InChI is InChI=1S/C17H35NO5Si/c1-15(2,3)23-14(21)18-12(13(19)20)17(7,8)11-22-24(9,10)16(4,5)6/h12H,11H2,1-10H3,(H,18,21)(H,19,20). The van der Waals surface area contributed by atoms with Crippen molar-refractivity contribution in [1.82, 2.24) is 5.32 Å². The summed E-state index contributed by atoms with van der Waals surface area (Å²) in [6.45, 7) is 19.6. The molecule has 0 aliphatic heterocycles. The molecule has 0 saturated carbocycles. The first-order valence-electron chi connectivity index (χ1n) is 8.25. The highest BCUT2D eigenvalue weighted by Crippen LogP contribution is 2.38. The van der Waals surface area contributed by atoms with Gasteiger partial charge in [-0.05, 0) is 38.9 Å². The molecule has 0 aromatic carbocycles. The molecule has 0 spiro atoms. The fraction of sp³-hybridized carbons (Fsp3) is 0.882. The van der Waals surface area contributed by atoms with Crippen molar-refractivity contribution in [2.24, 2.45) is 5.41 Å². The smallest absolute Gasteiger partial charge is 0.408 e. The van der Waals surface area contributed by atoms with Crippen LogP contribution >= 0.6 is 0 Å². The van der Waals surface area contributed by atoms with Crippen LogP contribution < -0.4 is 5.32 Å². The maximum atomic E-state index is 12.0. The number of carbonyl (C=O) groups excluding carboxylic acids is 1. The molecular weight excluding hydrogens is 326 g/mol. The number of carbonyl (C=O) groups is 2. The third-order valence-corrected chi connectivity index (χ3v) is 8.78. The van der Waals surface area contributed by atoms with Gasteiger partial charge in [0.05, 0.1) is 0 Å². The van der Waals surface area contributed by atoms with Crippen LogP contribution in [0.5, 0.6) is 0 Å². The maximum absolute atomic E-state index is 12.0. The van der Waals surface area contributed by atoms with E-state index in [0.29, 0.717) is 0 Å². The van der Waals surface area contributed by atoms with Crippen LogP contribution in [0.25, 0.3) is 0 Å². The third kappa shape index (κ3) is 7.21. The Morgan fingerprint density at radius 2 is 1.50 bits per heavy atom. The maximum Gasteiger partial charge on any atom is 0.408 e. The van der Waals surface area contributed by atoms with Crippen LogP contribution in [0.15, 0.2) is 0 Å². The molecule has 0 aromatic heterocycles. The van der Waals surface area contributed by atoms with Crippen LogP contribution in [0.4, 0.5) is 4.79 Å². The van der Waals surface area contributed by atoms with Crippen LogP contribution in [0.2, 0.25) is 18.1 Å².